The van der Waals surface area contributed by atoms with E-state index in [4.69, 9.17) is 49.0 Å². The van der Waals surface area contributed by atoms with Gasteiger partial charge >= 0.3 is 5.97 Å². The molecule has 1 unspecified atom stereocenters. The summed E-state index contributed by atoms with van der Waals surface area (Å²) in [5.41, 5.74) is 1.67. The topological polar surface area (TPSA) is 48.0 Å². The van der Waals surface area contributed by atoms with E-state index >= 15 is 0 Å². The molecule has 1 atom stereocenters. The lowest BCUT2D eigenvalue weighted by molar-refractivity contribution is -0.146. The summed E-state index contributed by atoms with van der Waals surface area (Å²) in [6.45, 7) is 9.18. The fourth-order valence-corrected chi connectivity index (χ4v) is 4.30. The Kier molecular flexibility index (Phi) is 11.5. The highest BCUT2D eigenvalue weighted by Gasteiger charge is 2.26. The third kappa shape index (κ3) is 8.82. The standard InChI is InChI=1S/C27H34Cl3NO4/c1-6-12-31(5)13-7-14-33-22-10-8-20(9-11-22)27(3,4)21-15-24(29)26(25(30)16-21)34-18-23(17-28)35-19(2)32/h6,8-12,15-16,23H,7,13-14,17-18H2,1-5H3/b12-6-. The number of carbonyl (C=O) groups is 1. The van der Waals surface area contributed by atoms with Crippen LogP contribution in [-0.2, 0) is 14.9 Å². The van der Waals surface area contributed by atoms with Gasteiger partial charge in [-0.2, -0.15) is 0 Å². The van der Waals surface area contributed by atoms with E-state index in [1.54, 1.807) is 0 Å². The van der Waals surface area contributed by atoms with Crippen LogP contribution in [0.3, 0.4) is 0 Å². The maximum Gasteiger partial charge on any atom is 0.303 e. The van der Waals surface area contributed by atoms with Gasteiger partial charge in [0, 0.05) is 25.9 Å². The largest absolute Gasteiger partial charge is 0.494 e. The highest BCUT2D eigenvalue weighted by atomic mass is 35.5. The number of allylic oxidation sites excluding steroid dienone is 1. The van der Waals surface area contributed by atoms with Crippen molar-refractivity contribution >= 4 is 40.8 Å². The molecule has 5 nitrogen and oxygen atoms in total. The highest BCUT2D eigenvalue weighted by molar-refractivity contribution is 6.37. The van der Waals surface area contributed by atoms with Gasteiger partial charge in [-0.3, -0.25) is 4.79 Å². The molecule has 8 heteroatoms. The minimum atomic E-state index is -0.591. The van der Waals surface area contributed by atoms with Gasteiger partial charge in [-0.1, -0.05) is 55.3 Å². The van der Waals surface area contributed by atoms with Gasteiger partial charge in [0.25, 0.3) is 0 Å². The van der Waals surface area contributed by atoms with Crippen molar-refractivity contribution < 1.29 is 19.0 Å². The van der Waals surface area contributed by atoms with Gasteiger partial charge in [-0.25, -0.2) is 0 Å². The molecule has 0 saturated heterocycles. The quantitative estimate of drug-likeness (QED) is 0.153. The van der Waals surface area contributed by atoms with Crippen LogP contribution in [0.25, 0.3) is 0 Å². The predicted octanol–water partition coefficient (Wildman–Crippen LogP) is 7.10. The molecular weight excluding hydrogens is 509 g/mol. The van der Waals surface area contributed by atoms with Crippen molar-refractivity contribution in [3.63, 3.8) is 0 Å². The lowest BCUT2D eigenvalue weighted by Gasteiger charge is -2.27. The molecule has 0 aliphatic rings. The zero-order chi connectivity index (χ0) is 26.0. The van der Waals surface area contributed by atoms with Crippen LogP contribution in [0.15, 0.2) is 48.7 Å². The smallest absolute Gasteiger partial charge is 0.303 e. The van der Waals surface area contributed by atoms with Crippen molar-refractivity contribution in [2.45, 2.75) is 45.6 Å². The van der Waals surface area contributed by atoms with Crippen LogP contribution in [0.5, 0.6) is 11.5 Å². The van der Waals surface area contributed by atoms with Crippen molar-refractivity contribution in [2.24, 2.45) is 0 Å². The van der Waals surface area contributed by atoms with E-state index in [1.807, 2.05) is 50.5 Å². The Labute approximate surface area is 223 Å². The van der Waals surface area contributed by atoms with Crippen LogP contribution in [0.4, 0.5) is 0 Å². The van der Waals surface area contributed by atoms with Gasteiger partial charge in [0.1, 0.15) is 18.5 Å². The summed E-state index contributed by atoms with van der Waals surface area (Å²) in [5.74, 6) is 0.841. The summed E-state index contributed by atoms with van der Waals surface area (Å²) in [5, 5.41) is 0.749. The Morgan fingerprint density at radius 3 is 2.26 bits per heavy atom. The van der Waals surface area contributed by atoms with E-state index in [2.05, 4.69) is 30.9 Å². The SMILES string of the molecule is C/C=C\N(C)CCCOc1ccc(C(C)(C)c2cc(Cl)c(OCC(CCl)OC(C)=O)c(Cl)c2)cc1. The number of carbonyl (C=O) groups excluding carboxylic acids is 1. The second-order valence-corrected chi connectivity index (χ2v) is 9.90. The third-order valence-electron chi connectivity index (χ3n) is 5.54. The molecule has 0 heterocycles. The van der Waals surface area contributed by atoms with Gasteiger partial charge in [0.05, 0.1) is 22.5 Å². The van der Waals surface area contributed by atoms with E-state index in [0.29, 0.717) is 22.4 Å². The van der Waals surface area contributed by atoms with Gasteiger partial charge in [0.15, 0.2) is 5.75 Å². The van der Waals surface area contributed by atoms with Crippen molar-refractivity contribution in [3.05, 3.63) is 69.8 Å². The minimum absolute atomic E-state index is 0.0539. The van der Waals surface area contributed by atoms with Crippen LogP contribution in [0.2, 0.25) is 10.0 Å². The summed E-state index contributed by atoms with van der Waals surface area (Å²) >= 11 is 18.9. The summed E-state index contributed by atoms with van der Waals surface area (Å²) in [6.07, 6.45) is 4.41. The van der Waals surface area contributed by atoms with Crippen molar-refractivity contribution in [3.8, 4) is 11.5 Å². The Morgan fingerprint density at radius 1 is 1.09 bits per heavy atom. The molecule has 2 rings (SSSR count). The number of halogens is 3. The monoisotopic (exact) mass is 541 g/mol. The molecule has 192 valence electrons. The van der Waals surface area contributed by atoms with Gasteiger partial charge in [0.2, 0.25) is 0 Å². The average Bonchev–Trinajstić information content (AvgIpc) is 2.80. The lowest BCUT2D eigenvalue weighted by Crippen LogP contribution is -2.26. The molecule has 0 aliphatic carbocycles. The number of esters is 1. The average molecular weight is 543 g/mol. The fraction of sp³-hybridized carbons (Fsp3) is 0.444. The Morgan fingerprint density at radius 2 is 1.71 bits per heavy atom. The van der Waals surface area contributed by atoms with Crippen LogP contribution in [0.1, 0.15) is 45.2 Å². The highest BCUT2D eigenvalue weighted by Crippen LogP contribution is 2.40. The van der Waals surface area contributed by atoms with Crippen molar-refractivity contribution in [1.82, 2.24) is 4.90 Å². The Balaban J connectivity index is 2.06. The number of hydrogen-bond donors (Lipinski definition) is 0. The maximum absolute atomic E-state index is 11.2. The zero-order valence-electron chi connectivity index (χ0n) is 20.9. The molecule has 0 spiro atoms. The van der Waals surface area contributed by atoms with E-state index in [9.17, 15) is 4.79 Å². The van der Waals surface area contributed by atoms with E-state index < -0.39 is 12.1 Å². The Hall–Kier alpha value is -2.08. The van der Waals surface area contributed by atoms with Crippen molar-refractivity contribution in [1.29, 1.82) is 0 Å². The first-order chi connectivity index (χ1) is 16.6. The van der Waals surface area contributed by atoms with E-state index in [-0.39, 0.29) is 17.9 Å². The van der Waals surface area contributed by atoms with Crippen molar-refractivity contribution in [2.75, 3.05) is 32.7 Å². The summed E-state index contributed by atoms with van der Waals surface area (Å²) in [4.78, 5) is 13.3. The number of rotatable bonds is 13. The molecule has 0 N–H and O–H groups in total. The first kappa shape index (κ1) is 29.2. The first-order valence-electron chi connectivity index (χ1n) is 11.5. The second-order valence-electron chi connectivity index (χ2n) is 8.78. The molecule has 2 aromatic rings. The van der Waals surface area contributed by atoms with Gasteiger partial charge in [-0.15, -0.1) is 11.6 Å². The molecule has 2 aromatic carbocycles. The van der Waals surface area contributed by atoms with Gasteiger partial charge < -0.3 is 19.1 Å². The maximum atomic E-state index is 11.2. The molecule has 0 bridgehead atoms. The number of benzene rings is 2. The first-order valence-corrected chi connectivity index (χ1v) is 12.8. The molecule has 0 aromatic heterocycles. The summed E-state index contributed by atoms with van der Waals surface area (Å²) < 4.78 is 16.7. The second kappa shape index (κ2) is 13.9. The summed E-state index contributed by atoms with van der Waals surface area (Å²) in [6, 6.07) is 11.8. The van der Waals surface area contributed by atoms with E-state index in [0.717, 1.165) is 29.8 Å². The number of alkyl halides is 1. The third-order valence-corrected chi connectivity index (χ3v) is 6.45. The normalized spacial score (nSPS) is 12.5. The minimum Gasteiger partial charge on any atom is -0.494 e. The molecule has 0 amide bonds. The molecule has 35 heavy (non-hydrogen) atoms. The fourth-order valence-electron chi connectivity index (χ4n) is 3.55. The van der Waals surface area contributed by atoms with Crippen LogP contribution in [-0.4, -0.2) is 49.7 Å². The van der Waals surface area contributed by atoms with Crippen LogP contribution >= 0.6 is 34.8 Å². The molecule has 0 saturated carbocycles. The summed E-state index contributed by atoms with van der Waals surface area (Å²) in [7, 11) is 2.05. The Bertz CT molecular complexity index is 969. The van der Waals surface area contributed by atoms with Gasteiger partial charge in [-0.05, 0) is 54.9 Å². The zero-order valence-corrected chi connectivity index (χ0v) is 23.2. The molecule has 0 aliphatic heterocycles. The molecule has 0 fully saturated rings. The van der Waals surface area contributed by atoms with Crippen LogP contribution in [0, 0.1) is 0 Å². The molecular formula is C27H34Cl3NO4. The molecule has 0 radical (unpaired) electrons. The predicted molar refractivity (Wildman–Crippen MR) is 144 cm³/mol. The number of hydrogen-bond acceptors (Lipinski definition) is 5. The number of ether oxygens (including phenoxy) is 3. The lowest BCUT2D eigenvalue weighted by atomic mass is 9.78. The number of nitrogens with zero attached hydrogens (tertiary/aromatic N) is 1. The van der Waals surface area contributed by atoms with E-state index in [1.165, 1.54) is 6.92 Å². The van der Waals surface area contributed by atoms with Crippen LogP contribution < -0.4 is 9.47 Å².